The molecule has 2 aromatic heterocycles. The second kappa shape index (κ2) is 5.75. The van der Waals surface area contributed by atoms with E-state index < -0.39 is 4.92 Å². The standard InChI is InChI=1S/C12H11BrN4O2/c1-8-3-2-4-9(16-8)6-14-12-11(13)5-10(7-15-12)17(18)19/h2-5,7H,6H2,1H3,(H,14,15). The van der Waals surface area contributed by atoms with E-state index in [2.05, 4.69) is 31.2 Å². The summed E-state index contributed by atoms with van der Waals surface area (Å²) < 4.78 is 0.550. The van der Waals surface area contributed by atoms with Gasteiger partial charge in [-0.3, -0.25) is 15.1 Å². The molecule has 1 N–H and O–H groups in total. The molecule has 0 aliphatic heterocycles. The van der Waals surface area contributed by atoms with Gasteiger partial charge in [-0.05, 0) is 35.0 Å². The lowest BCUT2D eigenvalue weighted by Crippen LogP contribution is -2.04. The summed E-state index contributed by atoms with van der Waals surface area (Å²) in [6.45, 7) is 2.43. The van der Waals surface area contributed by atoms with E-state index in [1.807, 2.05) is 25.1 Å². The topological polar surface area (TPSA) is 81.0 Å². The van der Waals surface area contributed by atoms with E-state index in [9.17, 15) is 10.1 Å². The number of rotatable bonds is 4. The molecule has 0 amide bonds. The Balaban J connectivity index is 2.10. The fourth-order valence-electron chi connectivity index (χ4n) is 1.53. The third kappa shape index (κ3) is 3.47. The van der Waals surface area contributed by atoms with Gasteiger partial charge >= 0.3 is 0 Å². The number of aromatic nitrogens is 2. The third-order valence-corrected chi connectivity index (χ3v) is 3.03. The van der Waals surface area contributed by atoms with Crippen molar-refractivity contribution in [3.63, 3.8) is 0 Å². The molecule has 0 saturated heterocycles. The van der Waals surface area contributed by atoms with Gasteiger partial charge in [0.2, 0.25) is 0 Å². The molecule has 7 heteroatoms. The fourth-order valence-corrected chi connectivity index (χ4v) is 2.01. The summed E-state index contributed by atoms with van der Waals surface area (Å²) in [7, 11) is 0. The second-order valence-electron chi connectivity index (χ2n) is 3.90. The Morgan fingerprint density at radius 2 is 2.26 bits per heavy atom. The Kier molecular flexibility index (Phi) is 4.06. The van der Waals surface area contributed by atoms with Crippen LogP contribution in [0.4, 0.5) is 11.5 Å². The Morgan fingerprint density at radius 1 is 1.47 bits per heavy atom. The van der Waals surface area contributed by atoms with Gasteiger partial charge in [0, 0.05) is 11.8 Å². The zero-order valence-electron chi connectivity index (χ0n) is 10.1. The van der Waals surface area contributed by atoms with Crippen LogP contribution in [0.3, 0.4) is 0 Å². The van der Waals surface area contributed by atoms with E-state index in [1.54, 1.807) is 0 Å². The average Bonchev–Trinajstić information content (AvgIpc) is 2.37. The zero-order valence-corrected chi connectivity index (χ0v) is 11.7. The second-order valence-corrected chi connectivity index (χ2v) is 4.76. The van der Waals surface area contributed by atoms with Crippen LogP contribution >= 0.6 is 15.9 Å². The molecule has 2 heterocycles. The Bertz CT molecular complexity index is 618. The maximum Gasteiger partial charge on any atom is 0.288 e. The molecule has 0 bridgehead atoms. The summed E-state index contributed by atoms with van der Waals surface area (Å²) in [5.41, 5.74) is 1.77. The van der Waals surface area contributed by atoms with Gasteiger partial charge in [0.25, 0.3) is 5.69 Å². The number of pyridine rings is 2. The van der Waals surface area contributed by atoms with Gasteiger partial charge in [0.1, 0.15) is 12.0 Å². The SMILES string of the molecule is Cc1cccc(CNc2ncc([N+](=O)[O-])cc2Br)n1. The van der Waals surface area contributed by atoms with Crippen molar-refractivity contribution in [1.82, 2.24) is 9.97 Å². The predicted molar refractivity (Wildman–Crippen MR) is 74.9 cm³/mol. The van der Waals surface area contributed by atoms with E-state index in [0.717, 1.165) is 11.4 Å². The summed E-state index contributed by atoms with van der Waals surface area (Å²) in [5, 5.41) is 13.7. The molecule has 0 aliphatic rings. The van der Waals surface area contributed by atoms with Gasteiger partial charge < -0.3 is 5.32 Å². The molecule has 0 aliphatic carbocycles. The lowest BCUT2D eigenvalue weighted by molar-refractivity contribution is -0.385. The monoisotopic (exact) mass is 322 g/mol. The van der Waals surface area contributed by atoms with Crippen molar-refractivity contribution in [3.8, 4) is 0 Å². The van der Waals surface area contributed by atoms with Crippen LogP contribution in [0.15, 0.2) is 34.9 Å². The smallest absolute Gasteiger partial charge is 0.288 e. The Hall–Kier alpha value is -2.02. The molecule has 0 aromatic carbocycles. The van der Waals surface area contributed by atoms with E-state index >= 15 is 0 Å². The first-order valence-corrected chi connectivity index (χ1v) is 6.32. The summed E-state index contributed by atoms with van der Waals surface area (Å²) >= 11 is 3.25. The van der Waals surface area contributed by atoms with Crippen LogP contribution in [0.25, 0.3) is 0 Å². The van der Waals surface area contributed by atoms with Crippen molar-refractivity contribution in [3.05, 3.63) is 56.4 Å². The minimum absolute atomic E-state index is 0.0499. The highest BCUT2D eigenvalue weighted by molar-refractivity contribution is 9.10. The van der Waals surface area contributed by atoms with Crippen LogP contribution in [0.2, 0.25) is 0 Å². The maximum atomic E-state index is 10.6. The molecular formula is C12H11BrN4O2. The molecule has 6 nitrogen and oxygen atoms in total. The van der Waals surface area contributed by atoms with Gasteiger partial charge in [0.15, 0.2) is 0 Å². The van der Waals surface area contributed by atoms with Gasteiger partial charge in [-0.1, -0.05) is 6.07 Å². The number of nitrogens with one attached hydrogen (secondary N) is 1. The van der Waals surface area contributed by atoms with Crippen LogP contribution in [-0.2, 0) is 6.54 Å². The van der Waals surface area contributed by atoms with Crippen molar-refractivity contribution in [2.45, 2.75) is 13.5 Å². The highest BCUT2D eigenvalue weighted by Gasteiger charge is 2.10. The number of aryl methyl sites for hydroxylation is 1. The molecule has 0 unspecified atom stereocenters. The quantitative estimate of drug-likeness (QED) is 0.691. The fraction of sp³-hybridized carbons (Fsp3) is 0.167. The molecule has 2 aromatic rings. The molecule has 0 saturated carbocycles. The number of halogens is 1. The maximum absolute atomic E-state index is 10.6. The predicted octanol–water partition coefficient (Wildman–Crippen LogP) is 3.07. The van der Waals surface area contributed by atoms with Crippen LogP contribution in [-0.4, -0.2) is 14.9 Å². The summed E-state index contributed by atoms with van der Waals surface area (Å²) in [4.78, 5) is 18.5. The van der Waals surface area contributed by atoms with Crippen molar-refractivity contribution >= 4 is 27.4 Å². The Morgan fingerprint density at radius 3 is 2.89 bits per heavy atom. The highest BCUT2D eigenvalue weighted by Crippen LogP contribution is 2.24. The normalized spacial score (nSPS) is 10.2. The molecule has 0 fully saturated rings. The minimum atomic E-state index is -0.482. The molecular weight excluding hydrogens is 312 g/mol. The molecule has 19 heavy (non-hydrogen) atoms. The molecule has 98 valence electrons. The summed E-state index contributed by atoms with van der Waals surface area (Å²) in [5.74, 6) is 0.550. The van der Waals surface area contributed by atoms with Crippen LogP contribution in [0.1, 0.15) is 11.4 Å². The number of nitrogens with zero attached hydrogens (tertiary/aromatic N) is 3. The van der Waals surface area contributed by atoms with E-state index in [-0.39, 0.29) is 5.69 Å². The van der Waals surface area contributed by atoms with Crippen LogP contribution in [0, 0.1) is 17.0 Å². The molecule has 0 spiro atoms. The molecule has 0 atom stereocenters. The van der Waals surface area contributed by atoms with Crippen LogP contribution in [0.5, 0.6) is 0 Å². The first-order chi connectivity index (χ1) is 9.06. The third-order valence-electron chi connectivity index (χ3n) is 2.42. The Labute approximate surface area is 118 Å². The first-order valence-electron chi connectivity index (χ1n) is 5.52. The van der Waals surface area contributed by atoms with Gasteiger partial charge in [0.05, 0.1) is 21.6 Å². The van der Waals surface area contributed by atoms with Crippen molar-refractivity contribution in [1.29, 1.82) is 0 Å². The number of anilines is 1. The largest absolute Gasteiger partial charge is 0.363 e. The van der Waals surface area contributed by atoms with Gasteiger partial charge in [-0.25, -0.2) is 4.98 Å². The van der Waals surface area contributed by atoms with E-state index in [4.69, 9.17) is 0 Å². The van der Waals surface area contributed by atoms with Gasteiger partial charge in [-0.2, -0.15) is 0 Å². The van der Waals surface area contributed by atoms with Crippen molar-refractivity contribution < 1.29 is 4.92 Å². The lowest BCUT2D eigenvalue weighted by Gasteiger charge is -2.07. The van der Waals surface area contributed by atoms with Crippen molar-refractivity contribution in [2.24, 2.45) is 0 Å². The average molecular weight is 323 g/mol. The van der Waals surface area contributed by atoms with Gasteiger partial charge in [-0.15, -0.1) is 0 Å². The number of hydrogen-bond acceptors (Lipinski definition) is 5. The molecule has 0 radical (unpaired) electrons. The van der Waals surface area contributed by atoms with E-state index in [0.29, 0.717) is 16.8 Å². The number of nitro groups is 1. The lowest BCUT2D eigenvalue weighted by atomic mass is 10.3. The summed E-state index contributed by atoms with van der Waals surface area (Å²) in [6.07, 6.45) is 1.22. The van der Waals surface area contributed by atoms with Crippen molar-refractivity contribution in [2.75, 3.05) is 5.32 Å². The van der Waals surface area contributed by atoms with E-state index in [1.165, 1.54) is 12.3 Å². The zero-order chi connectivity index (χ0) is 13.8. The molecule has 2 rings (SSSR count). The highest BCUT2D eigenvalue weighted by atomic mass is 79.9. The number of hydrogen-bond donors (Lipinski definition) is 1. The summed E-state index contributed by atoms with van der Waals surface area (Å²) in [6, 6.07) is 7.17. The minimum Gasteiger partial charge on any atom is -0.363 e. The van der Waals surface area contributed by atoms with Crippen LogP contribution < -0.4 is 5.32 Å². The first kappa shape index (κ1) is 13.4.